The van der Waals surface area contributed by atoms with E-state index < -0.39 is 6.10 Å². The van der Waals surface area contributed by atoms with Gasteiger partial charge in [-0.3, -0.25) is 14.9 Å². The standard InChI is InChI=1S/C16H16N2O5S/c1-2-21-14(19)7-10-9-24-16(17-10)18-15(20)13-8-22-11-5-3-4-6-12(11)23-13/h3-6,9,13H,2,7-8H2,1H3,(H,17,18,20). The molecule has 1 amide bonds. The first-order valence-electron chi connectivity index (χ1n) is 7.45. The number of nitrogens with zero attached hydrogens (tertiary/aromatic N) is 1. The molecule has 0 aliphatic carbocycles. The van der Waals surface area contributed by atoms with Gasteiger partial charge in [-0.05, 0) is 19.1 Å². The third-order valence-corrected chi connectivity index (χ3v) is 4.02. The zero-order valence-corrected chi connectivity index (χ0v) is 13.8. The van der Waals surface area contributed by atoms with Gasteiger partial charge in [0.1, 0.15) is 6.61 Å². The number of amides is 1. The van der Waals surface area contributed by atoms with Crippen molar-refractivity contribution in [1.82, 2.24) is 4.98 Å². The van der Waals surface area contributed by atoms with E-state index in [1.54, 1.807) is 24.4 Å². The van der Waals surface area contributed by atoms with Crippen LogP contribution in [0.3, 0.4) is 0 Å². The summed E-state index contributed by atoms with van der Waals surface area (Å²) in [5.41, 5.74) is 0.555. The Kier molecular flexibility index (Phi) is 4.95. The van der Waals surface area contributed by atoms with Gasteiger partial charge in [0.15, 0.2) is 16.6 Å². The average molecular weight is 348 g/mol. The van der Waals surface area contributed by atoms with Gasteiger partial charge in [0.05, 0.1) is 18.7 Å². The molecule has 1 aliphatic heterocycles. The quantitative estimate of drug-likeness (QED) is 0.832. The van der Waals surface area contributed by atoms with Crippen molar-refractivity contribution in [2.45, 2.75) is 19.4 Å². The second-order valence-electron chi connectivity index (χ2n) is 4.98. The maximum absolute atomic E-state index is 12.3. The monoisotopic (exact) mass is 348 g/mol. The molecule has 0 bridgehead atoms. The number of anilines is 1. The third kappa shape index (κ3) is 3.83. The molecule has 0 spiro atoms. The first-order chi connectivity index (χ1) is 11.7. The van der Waals surface area contributed by atoms with Crippen LogP contribution in [0.1, 0.15) is 12.6 Å². The minimum atomic E-state index is -0.752. The Morgan fingerprint density at radius 3 is 2.96 bits per heavy atom. The molecule has 2 heterocycles. The summed E-state index contributed by atoms with van der Waals surface area (Å²) in [4.78, 5) is 27.9. The number of rotatable bonds is 5. The lowest BCUT2D eigenvalue weighted by Crippen LogP contribution is -2.40. The zero-order valence-electron chi connectivity index (χ0n) is 13.0. The van der Waals surface area contributed by atoms with Crippen molar-refractivity contribution in [2.75, 3.05) is 18.5 Å². The number of carbonyl (C=O) groups is 2. The van der Waals surface area contributed by atoms with Crippen LogP contribution in [0.5, 0.6) is 11.5 Å². The van der Waals surface area contributed by atoms with Gasteiger partial charge in [0, 0.05) is 5.38 Å². The molecule has 3 rings (SSSR count). The number of hydrogen-bond acceptors (Lipinski definition) is 7. The molecule has 1 aliphatic rings. The summed E-state index contributed by atoms with van der Waals surface area (Å²) in [7, 11) is 0. The van der Waals surface area contributed by atoms with Gasteiger partial charge in [-0.1, -0.05) is 12.1 Å². The van der Waals surface area contributed by atoms with Crippen LogP contribution in [0.15, 0.2) is 29.6 Å². The maximum Gasteiger partial charge on any atom is 0.311 e. The van der Waals surface area contributed by atoms with Gasteiger partial charge in [0.2, 0.25) is 6.10 Å². The molecular weight excluding hydrogens is 332 g/mol. The molecule has 0 radical (unpaired) electrons. The van der Waals surface area contributed by atoms with Crippen molar-refractivity contribution in [3.05, 3.63) is 35.3 Å². The van der Waals surface area contributed by atoms with E-state index in [0.29, 0.717) is 28.9 Å². The lowest BCUT2D eigenvalue weighted by Gasteiger charge is -2.25. The van der Waals surface area contributed by atoms with E-state index in [1.807, 2.05) is 12.1 Å². The molecule has 2 aromatic rings. The van der Waals surface area contributed by atoms with Crippen LogP contribution in [0.25, 0.3) is 0 Å². The highest BCUT2D eigenvalue weighted by molar-refractivity contribution is 7.13. The Bertz CT molecular complexity index is 746. The molecule has 8 heteroatoms. The molecule has 7 nitrogen and oxygen atoms in total. The Hall–Kier alpha value is -2.61. The van der Waals surface area contributed by atoms with Gasteiger partial charge in [-0.2, -0.15) is 0 Å². The number of fused-ring (bicyclic) bond motifs is 1. The zero-order chi connectivity index (χ0) is 16.9. The Balaban J connectivity index is 1.58. The van der Waals surface area contributed by atoms with E-state index in [0.717, 1.165) is 0 Å². The fourth-order valence-corrected chi connectivity index (χ4v) is 2.85. The lowest BCUT2D eigenvalue weighted by atomic mass is 10.2. The van der Waals surface area contributed by atoms with Gasteiger partial charge in [-0.25, -0.2) is 4.98 Å². The van der Waals surface area contributed by atoms with Crippen LogP contribution >= 0.6 is 11.3 Å². The molecule has 1 N–H and O–H groups in total. The second-order valence-corrected chi connectivity index (χ2v) is 5.84. The van der Waals surface area contributed by atoms with Gasteiger partial charge in [0.25, 0.3) is 5.91 Å². The summed E-state index contributed by atoms with van der Waals surface area (Å²) in [6, 6.07) is 7.18. The number of ether oxygens (including phenoxy) is 3. The minimum Gasteiger partial charge on any atom is -0.485 e. The molecular formula is C16H16N2O5S. The number of aromatic nitrogens is 1. The van der Waals surface area contributed by atoms with Crippen LogP contribution in [-0.4, -0.2) is 36.2 Å². The number of para-hydroxylation sites is 2. The van der Waals surface area contributed by atoms with Crippen LogP contribution in [0.4, 0.5) is 5.13 Å². The Labute approximate surface area is 142 Å². The van der Waals surface area contributed by atoms with Gasteiger partial charge >= 0.3 is 5.97 Å². The number of hydrogen-bond donors (Lipinski definition) is 1. The Morgan fingerprint density at radius 2 is 2.17 bits per heavy atom. The third-order valence-electron chi connectivity index (χ3n) is 3.21. The summed E-state index contributed by atoms with van der Waals surface area (Å²) < 4.78 is 16.0. The largest absolute Gasteiger partial charge is 0.485 e. The fourth-order valence-electron chi connectivity index (χ4n) is 2.14. The normalized spacial score (nSPS) is 15.6. The molecule has 0 saturated heterocycles. The molecule has 1 aromatic heterocycles. The minimum absolute atomic E-state index is 0.0800. The summed E-state index contributed by atoms with van der Waals surface area (Å²) >= 11 is 1.24. The van der Waals surface area contributed by atoms with Crippen molar-refractivity contribution in [1.29, 1.82) is 0 Å². The van der Waals surface area contributed by atoms with Gasteiger partial charge in [-0.15, -0.1) is 11.3 Å². The van der Waals surface area contributed by atoms with Crippen LogP contribution in [-0.2, 0) is 20.7 Å². The molecule has 1 aromatic carbocycles. The maximum atomic E-state index is 12.3. The predicted molar refractivity (Wildman–Crippen MR) is 87.4 cm³/mol. The highest BCUT2D eigenvalue weighted by atomic mass is 32.1. The van der Waals surface area contributed by atoms with E-state index in [9.17, 15) is 9.59 Å². The molecule has 0 fully saturated rings. The number of thiazole rings is 1. The van der Waals surface area contributed by atoms with Crippen LogP contribution in [0, 0.1) is 0 Å². The second kappa shape index (κ2) is 7.31. The van der Waals surface area contributed by atoms with Crippen molar-refractivity contribution in [3.63, 3.8) is 0 Å². The summed E-state index contributed by atoms with van der Waals surface area (Å²) in [6.07, 6.45) is -0.673. The average Bonchev–Trinajstić information content (AvgIpc) is 3.01. The predicted octanol–water partition coefficient (Wildman–Crippen LogP) is 2.03. The summed E-state index contributed by atoms with van der Waals surface area (Å²) in [5, 5.41) is 4.79. The van der Waals surface area contributed by atoms with Crippen molar-refractivity contribution < 1.29 is 23.8 Å². The fraction of sp³-hybridized carbons (Fsp3) is 0.312. The number of carbonyl (C=O) groups excluding carboxylic acids is 2. The van der Waals surface area contributed by atoms with Crippen LogP contribution in [0.2, 0.25) is 0 Å². The van der Waals surface area contributed by atoms with E-state index in [2.05, 4.69) is 10.3 Å². The molecule has 0 saturated carbocycles. The first-order valence-corrected chi connectivity index (χ1v) is 8.33. The first kappa shape index (κ1) is 16.3. The SMILES string of the molecule is CCOC(=O)Cc1csc(NC(=O)C2COc3ccccc3O2)n1. The van der Waals surface area contributed by atoms with E-state index in [4.69, 9.17) is 14.2 Å². The Morgan fingerprint density at radius 1 is 1.38 bits per heavy atom. The summed E-state index contributed by atoms with van der Waals surface area (Å²) in [5.74, 6) is 0.460. The smallest absolute Gasteiger partial charge is 0.311 e. The van der Waals surface area contributed by atoms with Gasteiger partial charge < -0.3 is 14.2 Å². The number of esters is 1. The van der Waals surface area contributed by atoms with Crippen molar-refractivity contribution >= 4 is 28.3 Å². The molecule has 1 atom stereocenters. The van der Waals surface area contributed by atoms with E-state index >= 15 is 0 Å². The van der Waals surface area contributed by atoms with Crippen molar-refractivity contribution in [3.8, 4) is 11.5 Å². The molecule has 24 heavy (non-hydrogen) atoms. The highest BCUT2D eigenvalue weighted by Crippen LogP contribution is 2.31. The van der Waals surface area contributed by atoms with Crippen molar-refractivity contribution in [2.24, 2.45) is 0 Å². The highest BCUT2D eigenvalue weighted by Gasteiger charge is 2.27. The molecule has 126 valence electrons. The van der Waals surface area contributed by atoms with E-state index in [1.165, 1.54) is 11.3 Å². The van der Waals surface area contributed by atoms with Crippen LogP contribution < -0.4 is 14.8 Å². The summed E-state index contributed by atoms with van der Waals surface area (Å²) in [6.45, 7) is 2.20. The number of nitrogens with one attached hydrogen (secondary N) is 1. The van der Waals surface area contributed by atoms with E-state index in [-0.39, 0.29) is 24.9 Å². The molecule has 1 unspecified atom stereocenters. The lowest BCUT2D eigenvalue weighted by molar-refractivity contribution is -0.142. The number of benzene rings is 1. The topological polar surface area (TPSA) is 86.8 Å².